The van der Waals surface area contributed by atoms with Crippen LogP contribution < -0.4 is 5.32 Å². The number of halogens is 4. The quantitative estimate of drug-likeness (QED) is 0.861. The Labute approximate surface area is 122 Å². The van der Waals surface area contributed by atoms with Crippen molar-refractivity contribution < 1.29 is 17.6 Å². The molecule has 0 amide bonds. The van der Waals surface area contributed by atoms with Crippen molar-refractivity contribution in [3.05, 3.63) is 35.1 Å². The molecular weight excluding hydrogens is 284 g/mol. The topological polar surface area (TPSA) is 15.3 Å². The summed E-state index contributed by atoms with van der Waals surface area (Å²) in [5, 5.41) is 3.28. The summed E-state index contributed by atoms with van der Waals surface area (Å²) in [6.45, 7) is 4.19. The minimum absolute atomic E-state index is 0.0937. The predicted molar refractivity (Wildman–Crippen MR) is 73.4 cm³/mol. The van der Waals surface area contributed by atoms with Gasteiger partial charge in [-0.1, -0.05) is 6.07 Å². The van der Waals surface area contributed by atoms with Crippen LogP contribution in [-0.2, 0) is 12.7 Å². The molecule has 1 fully saturated rings. The lowest BCUT2D eigenvalue weighted by atomic mass is 9.89. The second kappa shape index (κ2) is 5.93. The van der Waals surface area contributed by atoms with Crippen LogP contribution in [-0.4, -0.2) is 30.6 Å². The lowest BCUT2D eigenvalue weighted by molar-refractivity contribution is -0.140. The molecule has 0 saturated carbocycles. The van der Waals surface area contributed by atoms with Crippen molar-refractivity contribution in [2.45, 2.75) is 38.0 Å². The molecule has 1 aliphatic rings. The van der Waals surface area contributed by atoms with Gasteiger partial charge in [-0.25, -0.2) is 4.39 Å². The van der Waals surface area contributed by atoms with Gasteiger partial charge in [-0.15, -0.1) is 0 Å². The zero-order valence-electron chi connectivity index (χ0n) is 12.2. The van der Waals surface area contributed by atoms with E-state index in [1.54, 1.807) is 0 Å². The molecule has 0 aliphatic carbocycles. The molecular formula is C15H20F4N2. The van der Waals surface area contributed by atoms with Gasteiger partial charge < -0.3 is 5.32 Å². The highest BCUT2D eigenvalue weighted by atomic mass is 19.4. The van der Waals surface area contributed by atoms with Gasteiger partial charge in [0.15, 0.2) is 0 Å². The predicted octanol–water partition coefficient (Wildman–Crippen LogP) is 3.42. The molecule has 1 aliphatic heterocycles. The maximum atomic E-state index is 13.2. The van der Waals surface area contributed by atoms with Crippen LogP contribution in [0.2, 0.25) is 0 Å². The van der Waals surface area contributed by atoms with Gasteiger partial charge in [0.1, 0.15) is 5.82 Å². The van der Waals surface area contributed by atoms with Crippen molar-refractivity contribution in [1.82, 2.24) is 10.2 Å². The van der Waals surface area contributed by atoms with Crippen molar-refractivity contribution in [1.29, 1.82) is 0 Å². The second-order valence-electron chi connectivity index (χ2n) is 5.90. The summed E-state index contributed by atoms with van der Waals surface area (Å²) in [5.41, 5.74) is -0.593. The molecule has 1 saturated heterocycles. The first-order valence-corrected chi connectivity index (χ1v) is 7.00. The molecule has 2 rings (SSSR count). The van der Waals surface area contributed by atoms with Gasteiger partial charge >= 0.3 is 6.18 Å². The van der Waals surface area contributed by atoms with Crippen molar-refractivity contribution in [2.24, 2.45) is 0 Å². The van der Waals surface area contributed by atoms with Crippen molar-refractivity contribution >= 4 is 0 Å². The summed E-state index contributed by atoms with van der Waals surface area (Å²) in [6.07, 6.45) is -2.76. The van der Waals surface area contributed by atoms with Crippen LogP contribution >= 0.6 is 0 Å². The van der Waals surface area contributed by atoms with Crippen LogP contribution in [0, 0.1) is 5.82 Å². The Morgan fingerprint density at radius 3 is 2.38 bits per heavy atom. The monoisotopic (exact) mass is 304 g/mol. The van der Waals surface area contributed by atoms with Crippen molar-refractivity contribution in [3.8, 4) is 0 Å². The number of likely N-dealkylation sites (tertiary alicyclic amines) is 1. The third kappa shape index (κ3) is 3.95. The maximum absolute atomic E-state index is 13.2. The van der Waals surface area contributed by atoms with E-state index in [4.69, 9.17) is 0 Å². The summed E-state index contributed by atoms with van der Waals surface area (Å²) >= 11 is 0. The van der Waals surface area contributed by atoms with E-state index in [-0.39, 0.29) is 5.54 Å². The molecule has 1 aromatic rings. The van der Waals surface area contributed by atoms with Gasteiger partial charge in [0.05, 0.1) is 5.56 Å². The summed E-state index contributed by atoms with van der Waals surface area (Å²) in [7, 11) is 1.92. The summed E-state index contributed by atoms with van der Waals surface area (Å²) < 4.78 is 51.3. The molecule has 0 bridgehead atoms. The Kier molecular flexibility index (Phi) is 4.58. The molecule has 1 heterocycles. The van der Waals surface area contributed by atoms with Crippen LogP contribution in [0.15, 0.2) is 18.2 Å². The minimum Gasteiger partial charge on any atom is -0.314 e. The molecule has 0 radical (unpaired) electrons. The minimum atomic E-state index is -4.65. The van der Waals surface area contributed by atoms with E-state index in [0.717, 1.165) is 38.1 Å². The van der Waals surface area contributed by atoms with E-state index in [1.807, 2.05) is 7.05 Å². The van der Waals surface area contributed by atoms with E-state index >= 15 is 0 Å². The van der Waals surface area contributed by atoms with Crippen LogP contribution in [0.3, 0.4) is 0 Å². The third-order valence-electron chi connectivity index (χ3n) is 4.31. The molecule has 1 N–H and O–H groups in total. The van der Waals surface area contributed by atoms with Crippen molar-refractivity contribution in [3.63, 3.8) is 0 Å². The van der Waals surface area contributed by atoms with Gasteiger partial charge in [-0.3, -0.25) is 4.90 Å². The molecule has 1 aromatic carbocycles. The number of hydrogen-bond donors (Lipinski definition) is 1. The molecule has 118 valence electrons. The third-order valence-corrected chi connectivity index (χ3v) is 4.31. The number of hydrogen-bond acceptors (Lipinski definition) is 2. The Hall–Kier alpha value is -1.14. The first kappa shape index (κ1) is 16.2. The zero-order valence-corrected chi connectivity index (χ0v) is 12.2. The lowest BCUT2D eigenvalue weighted by Crippen LogP contribution is -2.49. The molecule has 2 nitrogen and oxygen atoms in total. The standard InChI is InChI=1S/C15H20F4N2/c1-14(20-2)5-7-21(8-6-14)10-11-3-4-13(16)12(9-11)15(17,18)19/h3-4,9,20H,5-8,10H2,1-2H3. The Morgan fingerprint density at radius 2 is 1.86 bits per heavy atom. The number of alkyl halides is 3. The number of nitrogens with one attached hydrogen (secondary N) is 1. The summed E-state index contributed by atoms with van der Waals surface area (Å²) in [4.78, 5) is 2.10. The van der Waals surface area contributed by atoms with Crippen LogP contribution in [0.4, 0.5) is 17.6 Å². The number of benzene rings is 1. The first-order valence-electron chi connectivity index (χ1n) is 7.00. The highest BCUT2D eigenvalue weighted by molar-refractivity contribution is 5.27. The molecule has 0 atom stereocenters. The SMILES string of the molecule is CNC1(C)CCN(Cc2ccc(F)c(C(F)(F)F)c2)CC1. The maximum Gasteiger partial charge on any atom is 0.419 e. The number of nitrogens with zero attached hydrogens (tertiary/aromatic N) is 1. The average Bonchev–Trinajstić information content (AvgIpc) is 2.42. The molecule has 0 aromatic heterocycles. The van der Waals surface area contributed by atoms with E-state index < -0.39 is 17.6 Å². The number of piperidine rings is 1. The Balaban J connectivity index is 2.05. The molecule has 6 heteroatoms. The van der Waals surface area contributed by atoms with Crippen molar-refractivity contribution in [2.75, 3.05) is 20.1 Å². The smallest absolute Gasteiger partial charge is 0.314 e. The highest BCUT2D eigenvalue weighted by Crippen LogP contribution is 2.32. The molecule has 21 heavy (non-hydrogen) atoms. The summed E-state index contributed by atoms with van der Waals surface area (Å²) in [6, 6.07) is 3.25. The Bertz CT molecular complexity index is 491. The van der Waals surface area contributed by atoms with Gasteiger partial charge in [-0.2, -0.15) is 13.2 Å². The lowest BCUT2D eigenvalue weighted by Gasteiger charge is -2.39. The Morgan fingerprint density at radius 1 is 1.24 bits per heavy atom. The van der Waals surface area contributed by atoms with E-state index in [0.29, 0.717) is 12.1 Å². The van der Waals surface area contributed by atoms with Gasteiger partial charge in [0.2, 0.25) is 0 Å². The zero-order chi connectivity index (χ0) is 15.7. The average molecular weight is 304 g/mol. The van der Waals surface area contributed by atoms with E-state index in [1.165, 1.54) is 6.07 Å². The fourth-order valence-corrected chi connectivity index (χ4v) is 2.60. The first-order chi connectivity index (χ1) is 9.73. The van der Waals surface area contributed by atoms with E-state index in [2.05, 4.69) is 17.1 Å². The molecule has 0 spiro atoms. The van der Waals surface area contributed by atoms with Crippen LogP contribution in [0.5, 0.6) is 0 Å². The van der Waals surface area contributed by atoms with E-state index in [9.17, 15) is 17.6 Å². The van der Waals surface area contributed by atoms with Gasteiger partial charge in [0, 0.05) is 25.2 Å². The number of rotatable bonds is 3. The van der Waals surface area contributed by atoms with Crippen LogP contribution in [0.25, 0.3) is 0 Å². The summed E-state index contributed by atoms with van der Waals surface area (Å²) in [5.74, 6) is -1.22. The highest BCUT2D eigenvalue weighted by Gasteiger charge is 2.34. The van der Waals surface area contributed by atoms with Gasteiger partial charge in [0.25, 0.3) is 0 Å². The molecule has 0 unspecified atom stereocenters. The largest absolute Gasteiger partial charge is 0.419 e. The fourth-order valence-electron chi connectivity index (χ4n) is 2.60. The fraction of sp³-hybridized carbons (Fsp3) is 0.600. The second-order valence-corrected chi connectivity index (χ2v) is 5.90. The van der Waals surface area contributed by atoms with Crippen LogP contribution in [0.1, 0.15) is 30.9 Å². The normalized spacial score (nSPS) is 19.7. The van der Waals surface area contributed by atoms with Gasteiger partial charge in [-0.05, 0) is 44.5 Å².